The van der Waals surface area contributed by atoms with E-state index in [1.165, 1.54) is 24.3 Å². The Bertz CT molecular complexity index is 647. The highest BCUT2D eigenvalue weighted by atomic mass is 35.5. The first kappa shape index (κ1) is 13.3. The van der Waals surface area contributed by atoms with Gasteiger partial charge in [-0.05, 0) is 30.3 Å². The number of hydrogen-bond donors (Lipinski definition) is 2. The number of halogens is 3. The monoisotopic (exact) mass is 282 g/mol. The Balaban J connectivity index is 2.31. The summed E-state index contributed by atoms with van der Waals surface area (Å²) in [7, 11) is 0. The quantitative estimate of drug-likeness (QED) is 0.829. The highest BCUT2D eigenvalue weighted by Crippen LogP contribution is 2.23. The maximum atomic E-state index is 13.6. The molecular weight excluding hydrogens is 274 g/mol. The topological polar surface area (TPSA) is 55.1 Å². The average Bonchev–Trinajstić information content (AvgIpc) is 2.38. The van der Waals surface area contributed by atoms with Crippen molar-refractivity contribution >= 4 is 28.9 Å². The predicted molar refractivity (Wildman–Crippen MR) is 70.2 cm³/mol. The summed E-state index contributed by atoms with van der Waals surface area (Å²) < 4.78 is 26.7. The standard InChI is InChI=1S/C13H9ClF2N2O/c14-9-2-1-3-11(12(9)16)18-13(19)8-6-7(15)4-5-10(8)17/h1-6H,17H2,(H,18,19). The molecule has 0 saturated heterocycles. The lowest BCUT2D eigenvalue weighted by Gasteiger charge is -2.09. The van der Waals surface area contributed by atoms with Gasteiger partial charge in [0.05, 0.1) is 16.3 Å². The van der Waals surface area contributed by atoms with E-state index >= 15 is 0 Å². The Kier molecular flexibility index (Phi) is 3.66. The summed E-state index contributed by atoms with van der Waals surface area (Å²) in [6.45, 7) is 0. The molecular formula is C13H9ClF2N2O. The Morgan fingerprint density at radius 1 is 1.21 bits per heavy atom. The fourth-order valence-electron chi connectivity index (χ4n) is 1.52. The number of carbonyl (C=O) groups excluding carboxylic acids is 1. The van der Waals surface area contributed by atoms with Gasteiger partial charge in [0.15, 0.2) is 5.82 Å². The van der Waals surface area contributed by atoms with Crippen molar-refractivity contribution in [3.05, 3.63) is 58.6 Å². The highest BCUT2D eigenvalue weighted by molar-refractivity contribution is 6.31. The van der Waals surface area contributed by atoms with Gasteiger partial charge in [-0.15, -0.1) is 0 Å². The molecule has 0 bridgehead atoms. The third kappa shape index (κ3) is 2.82. The lowest BCUT2D eigenvalue weighted by atomic mass is 10.1. The number of anilines is 2. The maximum absolute atomic E-state index is 13.6. The van der Waals surface area contributed by atoms with Gasteiger partial charge in [0.1, 0.15) is 5.82 Å². The van der Waals surface area contributed by atoms with E-state index in [2.05, 4.69) is 5.32 Å². The molecule has 0 aliphatic carbocycles. The van der Waals surface area contributed by atoms with Gasteiger partial charge in [-0.3, -0.25) is 4.79 Å². The van der Waals surface area contributed by atoms with Crippen LogP contribution in [0.25, 0.3) is 0 Å². The molecule has 0 aliphatic rings. The Labute approximate surface area is 113 Å². The molecule has 0 atom stereocenters. The van der Waals surface area contributed by atoms with Gasteiger partial charge in [0.25, 0.3) is 5.91 Å². The number of nitrogen functional groups attached to an aromatic ring is 1. The molecule has 3 N–H and O–H groups in total. The number of benzene rings is 2. The van der Waals surface area contributed by atoms with Crippen molar-refractivity contribution in [3.8, 4) is 0 Å². The number of amides is 1. The molecule has 0 unspecified atom stereocenters. The van der Waals surface area contributed by atoms with Gasteiger partial charge in [-0.2, -0.15) is 0 Å². The SMILES string of the molecule is Nc1ccc(F)cc1C(=O)Nc1cccc(Cl)c1F. The average molecular weight is 283 g/mol. The Hall–Kier alpha value is -2.14. The summed E-state index contributed by atoms with van der Waals surface area (Å²) in [5.41, 5.74) is 5.50. The summed E-state index contributed by atoms with van der Waals surface area (Å²) in [4.78, 5) is 11.9. The molecule has 1 amide bonds. The van der Waals surface area contributed by atoms with Gasteiger partial charge in [0, 0.05) is 5.69 Å². The maximum Gasteiger partial charge on any atom is 0.257 e. The van der Waals surface area contributed by atoms with Crippen LogP contribution in [0.3, 0.4) is 0 Å². The van der Waals surface area contributed by atoms with E-state index < -0.39 is 17.5 Å². The second kappa shape index (κ2) is 5.24. The van der Waals surface area contributed by atoms with E-state index in [1.54, 1.807) is 0 Å². The second-order valence-corrected chi connectivity index (χ2v) is 4.19. The Morgan fingerprint density at radius 3 is 2.68 bits per heavy atom. The first-order chi connectivity index (χ1) is 8.99. The molecule has 2 aromatic rings. The van der Waals surface area contributed by atoms with Crippen LogP contribution < -0.4 is 11.1 Å². The van der Waals surface area contributed by atoms with Crippen LogP contribution in [-0.2, 0) is 0 Å². The van der Waals surface area contributed by atoms with E-state index in [9.17, 15) is 13.6 Å². The zero-order valence-corrected chi connectivity index (χ0v) is 10.3. The van der Waals surface area contributed by atoms with Crippen molar-refractivity contribution < 1.29 is 13.6 Å². The van der Waals surface area contributed by atoms with E-state index in [0.29, 0.717) is 0 Å². The fraction of sp³-hybridized carbons (Fsp3) is 0. The lowest BCUT2D eigenvalue weighted by molar-refractivity contribution is 0.102. The van der Waals surface area contributed by atoms with Crippen molar-refractivity contribution in [2.24, 2.45) is 0 Å². The van der Waals surface area contributed by atoms with E-state index in [0.717, 1.165) is 12.1 Å². The molecule has 2 rings (SSSR count). The van der Waals surface area contributed by atoms with Crippen LogP contribution in [0, 0.1) is 11.6 Å². The molecule has 0 aliphatic heterocycles. The molecule has 0 spiro atoms. The second-order valence-electron chi connectivity index (χ2n) is 3.79. The van der Waals surface area contributed by atoms with Crippen LogP contribution in [0.5, 0.6) is 0 Å². The number of nitrogens with two attached hydrogens (primary N) is 1. The third-order valence-corrected chi connectivity index (χ3v) is 2.75. The zero-order valence-electron chi connectivity index (χ0n) is 9.58. The van der Waals surface area contributed by atoms with Crippen LogP contribution in [-0.4, -0.2) is 5.91 Å². The minimum Gasteiger partial charge on any atom is -0.398 e. The highest BCUT2D eigenvalue weighted by Gasteiger charge is 2.14. The van der Waals surface area contributed by atoms with E-state index in [-0.39, 0.29) is 22.0 Å². The van der Waals surface area contributed by atoms with Gasteiger partial charge >= 0.3 is 0 Å². The fourth-order valence-corrected chi connectivity index (χ4v) is 1.69. The first-order valence-corrected chi connectivity index (χ1v) is 5.67. The number of rotatable bonds is 2. The number of carbonyl (C=O) groups is 1. The zero-order chi connectivity index (χ0) is 14.0. The smallest absolute Gasteiger partial charge is 0.257 e. The molecule has 0 radical (unpaired) electrons. The summed E-state index contributed by atoms with van der Waals surface area (Å²) >= 11 is 5.59. The minimum absolute atomic E-state index is 0.0700. The summed E-state index contributed by atoms with van der Waals surface area (Å²) in [6, 6.07) is 7.55. The van der Waals surface area contributed by atoms with Crippen molar-refractivity contribution in [1.82, 2.24) is 0 Å². The molecule has 98 valence electrons. The van der Waals surface area contributed by atoms with Crippen molar-refractivity contribution in [3.63, 3.8) is 0 Å². The third-order valence-electron chi connectivity index (χ3n) is 2.46. The van der Waals surface area contributed by atoms with Gasteiger partial charge in [-0.25, -0.2) is 8.78 Å². The van der Waals surface area contributed by atoms with Crippen molar-refractivity contribution in [1.29, 1.82) is 0 Å². The summed E-state index contributed by atoms with van der Waals surface area (Å²) in [5.74, 6) is -2.07. The molecule has 2 aromatic carbocycles. The minimum atomic E-state index is -0.757. The summed E-state index contributed by atoms with van der Waals surface area (Å²) in [5, 5.41) is 2.17. The van der Waals surface area contributed by atoms with E-state index in [4.69, 9.17) is 17.3 Å². The molecule has 3 nitrogen and oxygen atoms in total. The number of nitrogens with one attached hydrogen (secondary N) is 1. The molecule has 19 heavy (non-hydrogen) atoms. The lowest BCUT2D eigenvalue weighted by Crippen LogP contribution is -2.15. The van der Waals surface area contributed by atoms with Crippen LogP contribution in [0.2, 0.25) is 5.02 Å². The molecule has 6 heteroatoms. The van der Waals surface area contributed by atoms with Gasteiger partial charge in [-0.1, -0.05) is 17.7 Å². The molecule has 0 aromatic heterocycles. The van der Waals surface area contributed by atoms with Crippen LogP contribution in [0.15, 0.2) is 36.4 Å². The van der Waals surface area contributed by atoms with Crippen LogP contribution in [0.4, 0.5) is 20.2 Å². The van der Waals surface area contributed by atoms with Crippen LogP contribution >= 0.6 is 11.6 Å². The Morgan fingerprint density at radius 2 is 1.95 bits per heavy atom. The van der Waals surface area contributed by atoms with Gasteiger partial charge < -0.3 is 11.1 Å². The van der Waals surface area contributed by atoms with Crippen LogP contribution in [0.1, 0.15) is 10.4 Å². The first-order valence-electron chi connectivity index (χ1n) is 5.29. The summed E-state index contributed by atoms with van der Waals surface area (Å²) in [6.07, 6.45) is 0. The van der Waals surface area contributed by atoms with Crippen molar-refractivity contribution in [2.75, 3.05) is 11.1 Å². The largest absolute Gasteiger partial charge is 0.398 e. The van der Waals surface area contributed by atoms with Crippen molar-refractivity contribution in [2.45, 2.75) is 0 Å². The van der Waals surface area contributed by atoms with E-state index in [1.807, 2.05) is 0 Å². The molecule has 0 saturated carbocycles. The normalized spacial score (nSPS) is 10.3. The molecule has 0 heterocycles. The number of hydrogen-bond acceptors (Lipinski definition) is 2. The van der Waals surface area contributed by atoms with Gasteiger partial charge in [0.2, 0.25) is 0 Å². The molecule has 0 fully saturated rings. The predicted octanol–water partition coefficient (Wildman–Crippen LogP) is 3.45.